The highest BCUT2D eigenvalue weighted by molar-refractivity contribution is 5.00. The molecule has 0 aliphatic carbocycles. The first kappa shape index (κ1) is 12.2. The highest BCUT2D eigenvalue weighted by atomic mass is 16.5. The molecule has 15 heavy (non-hydrogen) atoms. The van der Waals surface area contributed by atoms with Gasteiger partial charge in [-0.15, -0.1) is 0 Å². The van der Waals surface area contributed by atoms with Crippen LogP contribution in [0.4, 0.5) is 0 Å². The highest BCUT2D eigenvalue weighted by Crippen LogP contribution is 2.18. The summed E-state index contributed by atoms with van der Waals surface area (Å²) in [6.07, 6.45) is 2.70. The van der Waals surface area contributed by atoms with E-state index < -0.39 is 5.54 Å². The van der Waals surface area contributed by atoms with Gasteiger partial charge >= 0.3 is 0 Å². The standard InChI is InChI=1S/C11H21N3O/c1-5-11(4,12)10-13-9(15-14-10)7-6-8(2)3/h8H,5-7,12H2,1-4H3. The lowest BCUT2D eigenvalue weighted by molar-refractivity contribution is 0.346. The zero-order valence-corrected chi connectivity index (χ0v) is 10.1. The number of rotatable bonds is 5. The summed E-state index contributed by atoms with van der Waals surface area (Å²) < 4.78 is 5.16. The van der Waals surface area contributed by atoms with E-state index >= 15 is 0 Å². The molecule has 0 aromatic carbocycles. The Hall–Kier alpha value is -0.900. The van der Waals surface area contributed by atoms with E-state index in [1.807, 2.05) is 13.8 Å². The molecule has 1 aromatic rings. The normalized spacial score (nSPS) is 15.6. The van der Waals surface area contributed by atoms with Crippen LogP contribution in [0.15, 0.2) is 4.52 Å². The summed E-state index contributed by atoms with van der Waals surface area (Å²) in [5, 5.41) is 3.93. The van der Waals surface area contributed by atoms with Crippen molar-refractivity contribution in [2.75, 3.05) is 0 Å². The van der Waals surface area contributed by atoms with E-state index in [1.165, 1.54) is 0 Å². The Bertz CT molecular complexity index is 305. The van der Waals surface area contributed by atoms with Gasteiger partial charge < -0.3 is 10.3 Å². The fourth-order valence-corrected chi connectivity index (χ4v) is 1.16. The van der Waals surface area contributed by atoms with E-state index in [-0.39, 0.29) is 0 Å². The molecule has 1 heterocycles. The van der Waals surface area contributed by atoms with Crippen molar-refractivity contribution in [3.8, 4) is 0 Å². The fourth-order valence-electron chi connectivity index (χ4n) is 1.16. The van der Waals surface area contributed by atoms with Gasteiger partial charge in [0.05, 0.1) is 5.54 Å². The molecule has 1 atom stereocenters. The Kier molecular flexibility index (Phi) is 3.85. The Balaban J connectivity index is 2.64. The van der Waals surface area contributed by atoms with Crippen molar-refractivity contribution in [2.45, 2.75) is 52.5 Å². The summed E-state index contributed by atoms with van der Waals surface area (Å²) in [4.78, 5) is 4.32. The maximum atomic E-state index is 6.02. The molecular weight excluding hydrogens is 190 g/mol. The van der Waals surface area contributed by atoms with Gasteiger partial charge in [0.25, 0.3) is 0 Å². The smallest absolute Gasteiger partial charge is 0.226 e. The van der Waals surface area contributed by atoms with Crippen LogP contribution in [0.5, 0.6) is 0 Å². The maximum Gasteiger partial charge on any atom is 0.226 e. The SMILES string of the molecule is CCC(C)(N)c1noc(CCC(C)C)n1. The van der Waals surface area contributed by atoms with Crippen molar-refractivity contribution in [2.24, 2.45) is 11.7 Å². The van der Waals surface area contributed by atoms with Gasteiger partial charge in [0.1, 0.15) is 0 Å². The Morgan fingerprint density at radius 3 is 2.67 bits per heavy atom. The Labute approximate surface area is 91.2 Å². The minimum absolute atomic E-state index is 0.473. The van der Waals surface area contributed by atoms with Gasteiger partial charge in [0.2, 0.25) is 5.89 Å². The van der Waals surface area contributed by atoms with Gasteiger partial charge in [-0.25, -0.2) is 0 Å². The van der Waals surface area contributed by atoms with Crippen molar-refractivity contribution < 1.29 is 4.52 Å². The lowest BCUT2D eigenvalue weighted by Crippen LogP contribution is -2.33. The van der Waals surface area contributed by atoms with E-state index in [2.05, 4.69) is 24.0 Å². The minimum Gasteiger partial charge on any atom is -0.339 e. The average Bonchev–Trinajstić information content (AvgIpc) is 2.63. The van der Waals surface area contributed by atoms with Crippen LogP contribution in [0, 0.1) is 5.92 Å². The number of aromatic nitrogens is 2. The fraction of sp³-hybridized carbons (Fsp3) is 0.818. The van der Waals surface area contributed by atoms with Gasteiger partial charge in [-0.3, -0.25) is 0 Å². The average molecular weight is 211 g/mol. The quantitative estimate of drug-likeness (QED) is 0.811. The third-order valence-electron chi connectivity index (χ3n) is 2.65. The second-order valence-corrected chi connectivity index (χ2v) is 4.72. The monoisotopic (exact) mass is 211 g/mol. The molecule has 0 bridgehead atoms. The number of nitrogens with zero attached hydrogens (tertiary/aromatic N) is 2. The summed E-state index contributed by atoms with van der Waals surface area (Å²) in [5.41, 5.74) is 5.55. The molecule has 0 radical (unpaired) electrons. The molecule has 0 saturated carbocycles. The van der Waals surface area contributed by atoms with Crippen LogP contribution in [0.25, 0.3) is 0 Å². The van der Waals surface area contributed by atoms with Gasteiger partial charge in [0.15, 0.2) is 5.82 Å². The molecule has 86 valence electrons. The zero-order chi connectivity index (χ0) is 11.5. The van der Waals surface area contributed by atoms with Crippen LogP contribution in [-0.4, -0.2) is 10.1 Å². The second kappa shape index (κ2) is 4.75. The first-order chi connectivity index (χ1) is 6.95. The predicted octanol–water partition coefficient (Wildman–Crippen LogP) is 2.24. The third-order valence-corrected chi connectivity index (χ3v) is 2.65. The Morgan fingerprint density at radius 2 is 2.13 bits per heavy atom. The van der Waals surface area contributed by atoms with E-state index in [9.17, 15) is 0 Å². The number of hydrogen-bond acceptors (Lipinski definition) is 4. The third kappa shape index (κ3) is 3.30. The van der Waals surface area contributed by atoms with Gasteiger partial charge in [-0.2, -0.15) is 4.98 Å². The van der Waals surface area contributed by atoms with Crippen LogP contribution in [0.2, 0.25) is 0 Å². The molecule has 0 amide bonds. The molecule has 0 spiro atoms. The summed E-state index contributed by atoms with van der Waals surface area (Å²) >= 11 is 0. The Morgan fingerprint density at radius 1 is 1.47 bits per heavy atom. The first-order valence-corrected chi connectivity index (χ1v) is 5.57. The van der Waals surface area contributed by atoms with Crippen LogP contribution >= 0.6 is 0 Å². The highest BCUT2D eigenvalue weighted by Gasteiger charge is 2.25. The van der Waals surface area contributed by atoms with E-state index in [1.54, 1.807) is 0 Å². The van der Waals surface area contributed by atoms with Gasteiger partial charge in [-0.05, 0) is 25.7 Å². The molecule has 4 heteroatoms. The van der Waals surface area contributed by atoms with Crippen molar-refractivity contribution in [3.05, 3.63) is 11.7 Å². The molecule has 2 N–H and O–H groups in total. The molecule has 0 aliphatic rings. The van der Waals surface area contributed by atoms with E-state index in [0.29, 0.717) is 17.6 Å². The molecule has 1 aromatic heterocycles. The topological polar surface area (TPSA) is 64.9 Å². The summed E-state index contributed by atoms with van der Waals surface area (Å²) in [7, 11) is 0. The zero-order valence-electron chi connectivity index (χ0n) is 10.1. The maximum absolute atomic E-state index is 6.02. The molecule has 0 saturated heterocycles. The number of aryl methyl sites for hydroxylation is 1. The van der Waals surface area contributed by atoms with Crippen LogP contribution in [0.1, 0.15) is 52.3 Å². The minimum atomic E-state index is -0.473. The van der Waals surface area contributed by atoms with Gasteiger partial charge in [0, 0.05) is 6.42 Å². The van der Waals surface area contributed by atoms with Crippen molar-refractivity contribution in [1.29, 1.82) is 0 Å². The lowest BCUT2D eigenvalue weighted by atomic mass is 10.00. The molecule has 4 nitrogen and oxygen atoms in total. The summed E-state index contributed by atoms with van der Waals surface area (Å²) in [6.45, 7) is 8.29. The molecule has 0 fully saturated rings. The van der Waals surface area contributed by atoms with Crippen molar-refractivity contribution in [1.82, 2.24) is 10.1 Å². The summed E-state index contributed by atoms with van der Waals surface area (Å²) in [5.74, 6) is 1.96. The predicted molar refractivity (Wildman–Crippen MR) is 59.3 cm³/mol. The van der Waals surface area contributed by atoms with Gasteiger partial charge in [-0.1, -0.05) is 25.9 Å². The molecule has 1 unspecified atom stereocenters. The number of nitrogens with two attached hydrogens (primary N) is 1. The largest absolute Gasteiger partial charge is 0.339 e. The van der Waals surface area contributed by atoms with Crippen molar-refractivity contribution in [3.63, 3.8) is 0 Å². The molecule has 1 rings (SSSR count). The van der Waals surface area contributed by atoms with Crippen LogP contribution in [-0.2, 0) is 12.0 Å². The number of hydrogen-bond donors (Lipinski definition) is 1. The molecule has 0 aliphatic heterocycles. The van der Waals surface area contributed by atoms with Crippen molar-refractivity contribution >= 4 is 0 Å². The molecular formula is C11H21N3O. The van der Waals surface area contributed by atoms with E-state index in [0.717, 1.165) is 19.3 Å². The first-order valence-electron chi connectivity index (χ1n) is 5.57. The second-order valence-electron chi connectivity index (χ2n) is 4.72. The van der Waals surface area contributed by atoms with Crippen LogP contribution < -0.4 is 5.73 Å². The van der Waals surface area contributed by atoms with Crippen LogP contribution in [0.3, 0.4) is 0 Å². The summed E-state index contributed by atoms with van der Waals surface area (Å²) in [6, 6.07) is 0. The lowest BCUT2D eigenvalue weighted by Gasteiger charge is -2.16. The van der Waals surface area contributed by atoms with E-state index in [4.69, 9.17) is 10.3 Å².